The summed E-state index contributed by atoms with van der Waals surface area (Å²) in [6.07, 6.45) is 6.91. The van der Waals surface area contributed by atoms with Crippen LogP contribution in [0.15, 0.2) is 30.5 Å². The number of nitrogens with one attached hydrogen (secondary N) is 2. The second-order valence-electron chi connectivity index (χ2n) is 7.27. The molecule has 6 nitrogen and oxygen atoms in total. The molecule has 0 aliphatic rings. The minimum atomic E-state index is -3.45. The second-order valence-corrected chi connectivity index (χ2v) is 9.50. The molecule has 2 N–H and O–H groups in total. The zero-order valence-corrected chi connectivity index (χ0v) is 18.1. The maximum atomic E-state index is 12.1. The number of benzene rings is 1. The first-order valence-corrected chi connectivity index (χ1v) is 11.6. The highest BCUT2D eigenvalue weighted by atomic mass is 32.2. The molecule has 0 fully saturated rings. The Labute approximate surface area is 169 Å². The van der Waals surface area contributed by atoms with Gasteiger partial charge in [-0.05, 0) is 50.8 Å². The summed E-state index contributed by atoms with van der Waals surface area (Å²) in [5.74, 6) is 0.140. The lowest BCUT2D eigenvalue weighted by Gasteiger charge is -2.14. The van der Waals surface area contributed by atoms with E-state index in [0.717, 1.165) is 36.2 Å². The van der Waals surface area contributed by atoms with Crippen molar-refractivity contribution in [1.82, 2.24) is 9.97 Å². The number of nitrogens with zero attached hydrogens (tertiary/aromatic N) is 2. The van der Waals surface area contributed by atoms with Crippen LogP contribution in [0.1, 0.15) is 63.8 Å². The third-order valence-electron chi connectivity index (χ3n) is 4.55. The highest BCUT2D eigenvalue weighted by Gasteiger charge is 2.18. The van der Waals surface area contributed by atoms with Crippen molar-refractivity contribution in [2.75, 3.05) is 10.0 Å². The molecule has 28 heavy (non-hydrogen) atoms. The summed E-state index contributed by atoms with van der Waals surface area (Å²) < 4.78 is 26.6. The van der Waals surface area contributed by atoms with Crippen LogP contribution < -0.4 is 10.0 Å². The van der Waals surface area contributed by atoms with Gasteiger partial charge in [0.1, 0.15) is 0 Å². The van der Waals surface area contributed by atoms with Crippen molar-refractivity contribution >= 4 is 21.7 Å². The lowest BCUT2D eigenvalue weighted by molar-refractivity contribution is 0.592. The molecule has 154 valence electrons. The van der Waals surface area contributed by atoms with Gasteiger partial charge >= 0.3 is 0 Å². The van der Waals surface area contributed by atoms with Gasteiger partial charge in [-0.2, -0.15) is 0 Å². The van der Waals surface area contributed by atoms with E-state index >= 15 is 0 Å². The van der Waals surface area contributed by atoms with E-state index in [-0.39, 0.29) is 5.95 Å². The van der Waals surface area contributed by atoms with Crippen LogP contribution in [0.4, 0.5) is 11.6 Å². The number of aromatic nitrogens is 2. The summed E-state index contributed by atoms with van der Waals surface area (Å²) in [6, 6.07) is 8.50. The fourth-order valence-electron chi connectivity index (χ4n) is 2.70. The molecule has 0 unspecified atom stereocenters. The van der Waals surface area contributed by atoms with Gasteiger partial charge in [-0.3, -0.25) is 4.72 Å². The first-order valence-electron chi connectivity index (χ1n) is 10.0. The highest BCUT2D eigenvalue weighted by Crippen LogP contribution is 2.16. The van der Waals surface area contributed by atoms with E-state index in [4.69, 9.17) is 0 Å². The van der Waals surface area contributed by atoms with E-state index in [1.807, 2.05) is 0 Å². The van der Waals surface area contributed by atoms with Crippen LogP contribution in [0.5, 0.6) is 0 Å². The van der Waals surface area contributed by atoms with Crippen molar-refractivity contribution in [3.63, 3.8) is 0 Å². The highest BCUT2D eigenvalue weighted by molar-refractivity contribution is 7.93. The third kappa shape index (κ3) is 6.48. The molecule has 0 bridgehead atoms. The molecule has 1 aromatic heterocycles. The Bertz CT molecular complexity index is 849. The Morgan fingerprint density at radius 2 is 1.75 bits per heavy atom. The molecule has 0 saturated heterocycles. The quantitative estimate of drug-likeness (QED) is 0.575. The zero-order chi connectivity index (χ0) is 20.6. The van der Waals surface area contributed by atoms with Gasteiger partial charge in [0.25, 0.3) is 0 Å². The summed E-state index contributed by atoms with van der Waals surface area (Å²) in [4.78, 5) is 8.66. The maximum Gasteiger partial charge on any atom is 0.237 e. The molecule has 0 aliphatic carbocycles. The van der Waals surface area contributed by atoms with Gasteiger partial charge in [0.2, 0.25) is 16.0 Å². The smallest absolute Gasteiger partial charge is 0.237 e. The van der Waals surface area contributed by atoms with Crippen LogP contribution in [-0.2, 0) is 29.4 Å². The Hall–Kier alpha value is -2.15. The maximum absolute atomic E-state index is 12.1. The molecule has 1 heterocycles. The minimum Gasteiger partial charge on any atom is -0.381 e. The first kappa shape index (κ1) is 22.1. The second kappa shape index (κ2) is 10.4. The first-order chi connectivity index (χ1) is 13.4. The standard InChI is InChI=1S/C21H32N4O2S/c1-5-7-9-17-10-12-19(13-11-17)22-14-18-15-23-21(24-20(18)8-6-2)25-28(26,27)16(3)4/h10-13,15-16,22H,5-9,14H2,1-4H3,(H,23,24,25). The fourth-order valence-corrected chi connectivity index (χ4v) is 3.29. The summed E-state index contributed by atoms with van der Waals surface area (Å²) in [6.45, 7) is 8.13. The van der Waals surface area contributed by atoms with Gasteiger partial charge in [0, 0.05) is 24.0 Å². The number of anilines is 2. The molecule has 0 saturated carbocycles. The lowest BCUT2D eigenvalue weighted by atomic mass is 10.1. The number of hydrogen-bond acceptors (Lipinski definition) is 5. The molecule has 0 aliphatic heterocycles. The molecule has 0 radical (unpaired) electrons. The molecule has 2 rings (SSSR count). The van der Waals surface area contributed by atoms with Gasteiger partial charge in [0.15, 0.2) is 0 Å². The Morgan fingerprint density at radius 1 is 1.04 bits per heavy atom. The van der Waals surface area contributed by atoms with Crippen molar-refractivity contribution < 1.29 is 8.42 Å². The predicted octanol–water partition coefficient (Wildman–Crippen LogP) is 4.53. The number of unbranched alkanes of at least 4 members (excludes halogenated alkanes) is 1. The molecular formula is C21H32N4O2S. The van der Waals surface area contributed by atoms with E-state index in [1.54, 1.807) is 20.0 Å². The Morgan fingerprint density at radius 3 is 2.36 bits per heavy atom. The summed E-state index contributed by atoms with van der Waals surface area (Å²) in [5.41, 5.74) is 4.24. The average molecular weight is 405 g/mol. The lowest BCUT2D eigenvalue weighted by Crippen LogP contribution is -2.24. The topological polar surface area (TPSA) is 84.0 Å². The molecule has 0 atom stereocenters. The largest absolute Gasteiger partial charge is 0.381 e. The van der Waals surface area contributed by atoms with Crippen LogP contribution in [0, 0.1) is 0 Å². The van der Waals surface area contributed by atoms with Gasteiger partial charge < -0.3 is 5.32 Å². The summed E-state index contributed by atoms with van der Waals surface area (Å²) in [5, 5.41) is 2.88. The molecule has 0 amide bonds. The normalized spacial score (nSPS) is 11.6. The number of sulfonamides is 1. The number of hydrogen-bond donors (Lipinski definition) is 2. The predicted molar refractivity (Wildman–Crippen MR) is 116 cm³/mol. The molecule has 0 spiro atoms. The van der Waals surface area contributed by atoms with Crippen molar-refractivity contribution in [1.29, 1.82) is 0 Å². The van der Waals surface area contributed by atoms with E-state index in [0.29, 0.717) is 6.54 Å². The van der Waals surface area contributed by atoms with Crippen LogP contribution in [0.3, 0.4) is 0 Å². The molecular weight excluding hydrogens is 372 g/mol. The fraction of sp³-hybridized carbons (Fsp3) is 0.524. The average Bonchev–Trinajstić information content (AvgIpc) is 2.66. The third-order valence-corrected chi connectivity index (χ3v) is 6.26. The number of rotatable bonds is 11. The molecule has 2 aromatic rings. The molecule has 7 heteroatoms. The summed E-state index contributed by atoms with van der Waals surface area (Å²) in [7, 11) is -3.45. The van der Waals surface area contributed by atoms with Crippen molar-refractivity contribution in [3.8, 4) is 0 Å². The minimum absolute atomic E-state index is 0.140. The Balaban J connectivity index is 2.08. The SMILES string of the molecule is CCCCc1ccc(NCc2cnc(NS(=O)(=O)C(C)C)nc2CCC)cc1. The van der Waals surface area contributed by atoms with E-state index < -0.39 is 15.3 Å². The van der Waals surface area contributed by atoms with Crippen LogP contribution in [-0.4, -0.2) is 23.6 Å². The zero-order valence-electron chi connectivity index (χ0n) is 17.3. The summed E-state index contributed by atoms with van der Waals surface area (Å²) >= 11 is 0. The van der Waals surface area contributed by atoms with E-state index in [1.165, 1.54) is 18.4 Å². The van der Waals surface area contributed by atoms with Gasteiger partial charge in [0.05, 0.1) is 10.9 Å². The van der Waals surface area contributed by atoms with Gasteiger partial charge in [-0.1, -0.05) is 38.8 Å². The monoisotopic (exact) mass is 404 g/mol. The van der Waals surface area contributed by atoms with E-state index in [9.17, 15) is 8.42 Å². The molecule has 1 aromatic carbocycles. The van der Waals surface area contributed by atoms with Crippen LogP contribution in [0.25, 0.3) is 0 Å². The van der Waals surface area contributed by atoms with Gasteiger partial charge in [-0.15, -0.1) is 0 Å². The van der Waals surface area contributed by atoms with Crippen molar-refractivity contribution in [3.05, 3.63) is 47.3 Å². The number of aryl methyl sites for hydroxylation is 2. The van der Waals surface area contributed by atoms with Crippen molar-refractivity contribution in [2.24, 2.45) is 0 Å². The van der Waals surface area contributed by atoms with Crippen LogP contribution in [0.2, 0.25) is 0 Å². The van der Waals surface area contributed by atoms with E-state index in [2.05, 4.69) is 58.1 Å². The van der Waals surface area contributed by atoms with Crippen molar-refractivity contribution in [2.45, 2.75) is 71.6 Å². The van der Waals surface area contributed by atoms with Crippen LogP contribution >= 0.6 is 0 Å². The Kier molecular flexibility index (Phi) is 8.23. The van der Waals surface area contributed by atoms with Gasteiger partial charge in [-0.25, -0.2) is 18.4 Å².